The Hall–Kier alpha value is -2.39. The minimum absolute atomic E-state index is 0.0401. The second-order valence-electron chi connectivity index (χ2n) is 6.19. The molecule has 0 atom stereocenters. The monoisotopic (exact) mass is 449 g/mol. The molecule has 2 heterocycles. The SMILES string of the molecule is CCC(=O)N1CCc2cc(Br)cc(S(=O)(=O)Nc3noc4ccccc34)c21. The highest BCUT2D eigenvalue weighted by Crippen LogP contribution is 2.38. The van der Waals surface area contributed by atoms with Gasteiger partial charge in [0.2, 0.25) is 5.91 Å². The van der Waals surface area contributed by atoms with Crippen LogP contribution in [0.2, 0.25) is 0 Å². The molecule has 0 radical (unpaired) electrons. The number of anilines is 2. The third-order valence-corrected chi connectivity index (χ3v) is 6.30. The van der Waals surface area contributed by atoms with Gasteiger partial charge in [-0.3, -0.25) is 9.52 Å². The first-order valence-corrected chi connectivity index (χ1v) is 10.7. The van der Waals surface area contributed by atoms with Gasteiger partial charge in [0.05, 0.1) is 11.1 Å². The van der Waals surface area contributed by atoms with Gasteiger partial charge in [-0.2, -0.15) is 0 Å². The van der Waals surface area contributed by atoms with Crippen LogP contribution in [0.25, 0.3) is 11.0 Å². The van der Waals surface area contributed by atoms with Crippen LogP contribution in [-0.2, 0) is 21.2 Å². The molecule has 1 amide bonds. The number of sulfonamides is 1. The molecule has 1 N–H and O–H groups in total. The highest BCUT2D eigenvalue weighted by atomic mass is 79.9. The molecule has 0 saturated carbocycles. The molecule has 140 valence electrons. The van der Waals surface area contributed by atoms with Crippen molar-refractivity contribution in [2.24, 2.45) is 0 Å². The number of carbonyl (C=O) groups excluding carboxylic acids is 1. The van der Waals surface area contributed by atoms with Gasteiger partial charge in [0.15, 0.2) is 11.4 Å². The third kappa shape index (κ3) is 3.10. The number of aromatic nitrogens is 1. The van der Waals surface area contributed by atoms with E-state index in [1.807, 2.05) is 6.07 Å². The highest BCUT2D eigenvalue weighted by Gasteiger charge is 2.32. The van der Waals surface area contributed by atoms with E-state index in [-0.39, 0.29) is 16.6 Å². The average molecular weight is 450 g/mol. The van der Waals surface area contributed by atoms with Crippen molar-refractivity contribution in [3.63, 3.8) is 0 Å². The highest BCUT2D eigenvalue weighted by molar-refractivity contribution is 9.10. The van der Waals surface area contributed by atoms with E-state index in [1.165, 1.54) is 11.0 Å². The lowest BCUT2D eigenvalue weighted by molar-refractivity contribution is -0.118. The van der Waals surface area contributed by atoms with Crippen LogP contribution >= 0.6 is 15.9 Å². The van der Waals surface area contributed by atoms with Gasteiger partial charge in [0, 0.05) is 17.4 Å². The zero-order chi connectivity index (χ0) is 19.2. The van der Waals surface area contributed by atoms with Crippen LogP contribution in [0.4, 0.5) is 11.5 Å². The number of benzene rings is 2. The Balaban J connectivity index is 1.82. The summed E-state index contributed by atoms with van der Waals surface area (Å²) in [7, 11) is -3.99. The lowest BCUT2D eigenvalue weighted by Crippen LogP contribution is -2.29. The van der Waals surface area contributed by atoms with Gasteiger partial charge in [-0.25, -0.2) is 8.42 Å². The molecule has 27 heavy (non-hydrogen) atoms. The molecule has 1 aromatic heterocycles. The number of nitrogens with zero attached hydrogens (tertiary/aromatic N) is 2. The van der Waals surface area contributed by atoms with Crippen LogP contribution in [-0.4, -0.2) is 26.0 Å². The molecule has 1 aliphatic heterocycles. The Kier molecular flexibility index (Phi) is 4.43. The fourth-order valence-electron chi connectivity index (χ4n) is 3.26. The summed E-state index contributed by atoms with van der Waals surface area (Å²) in [4.78, 5) is 13.9. The first-order chi connectivity index (χ1) is 12.9. The van der Waals surface area contributed by atoms with Crippen molar-refractivity contribution in [1.29, 1.82) is 0 Å². The second-order valence-corrected chi connectivity index (χ2v) is 8.76. The summed E-state index contributed by atoms with van der Waals surface area (Å²) < 4.78 is 34.6. The molecule has 2 aromatic carbocycles. The Labute approximate surface area is 164 Å². The fraction of sp³-hybridized carbons (Fsp3) is 0.222. The lowest BCUT2D eigenvalue weighted by atomic mass is 10.2. The molecule has 0 saturated heterocycles. The van der Waals surface area contributed by atoms with Crippen LogP contribution in [0.3, 0.4) is 0 Å². The number of rotatable bonds is 4. The van der Waals surface area contributed by atoms with E-state index in [1.54, 1.807) is 31.2 Å². The molecule has 0 aliphatic carbocycles. The lowest BCUT2D eigenvalue weighted by Gasteiger charge is -2.20. The van der Waals surface area contributed by atoms with E-state index in [4.69, 9.17) is 4.52 Å². The van der Waals surface area contributed by atoms with Crippen LogP contribution in [0.15, 0.2) is 50.3 Å². The maximum Gasteiger partial charge on any atom is 0.265 e. The number of amides is 1. The van der Waals surface area contributed by atoms with Crippen LogP contribution in [0, 0.1) is 0 Å². The predicted molar refractivity (Wildman–Crippen MR) is 105 cm³/mol. The number of nitrogens with one attached hydrogen (secondary N) is 1. The molecule has 0 fully saturated rings. The summed E-state index contributed by atoms with van der Waals surface area (Å²) >= 11 is 3.37. The number of carbonyl (C=O) groups is 1. The number of hydrogen-bond acceptors (Lipinski definition) is 5. The molecule has 7 nitrogen and oxygen atoms in total. The standard InChI is InChI=1S/C18H16BrN3O4S/c1-2-16(23)22-8-7-11-9-12(19)10-15(17(11)22)27(24,25)21-18-13-5-3-4-6-14(13)26-20-18/h3-6,9-10H,2,7-8H2,1H3,(H,20,21). The van der Waals surface area contributed by atoms with Crippen LogP contribution in [0.5, 0.6) is 0 Å². The molecule has 0 spiro atoms. The molecule has 9 heteroatoms. The van der Waals surface area contributed by atoms with Crippen molar-refractivity contribution in [2.75, 3.05) is 16.2 Å². The van der Waals surface area contributed by atoms with E-state index < -0.39 is 10.0 Å². The maximum atomic E-state index is 13.2. The normalized spacial score (nSPS) is 13.8. The van der Waals surface area contributed by atoms with E-state index in [9.17, 15) is 13.2 Å². The summed E-state index contributed by atoms with van der Waals surface area (Å²) in [5, 5.41) is 4.40. The summed E-state index contributed by atoms with van der Waals surface area (Å²) in [5.74, 6) is 0.00472. The van der Waals surface area contributed by atoms with Gasteiger partial charge in [0.25, 0.3) is 10.0 Å². The Morgan fingerprint density at radius 1 is 1.33 bits per heavy atom. The fourth-order valence-corrected chi connectivity index (χ4v) is 5.20. The van der Waals surface area contributed by atoms with Crippen molar-refractivity contribution < 1.29 is 17.7 Å². The molecule has 0 bridgehead atoms. The van der Waals surface area contributed by atoms with Crippen molar-refractivity contribution >= 4 is 54.3 Å². The maximum absolute atomic E-state index is 13.2. The van der Waals surface area contributed by atoms with E-state index in [2.05, 4.69) is 25.8 Å². The van der Waals surface area contributed by atoms with Gasteiger partial charge in [-0.1, -0.05) is 40.1 Å². The Bertz CT molecular complexity index is 1160. The molecule has 1 aliphatic rings. The zero-order valence-corrected chi connectivity index (χ0v) is 16.8. The average Bonchev–Trinajstić information content (AvgIpc) is 3.24. The quantitative estimate of drug-likeness (QED) is 0.655. The first kappa shape index (κ1) is 18.0. The summed E-state index contributed by atoms with van der Waals surface area (Å²) in [6, 6.07) is 10.3. The van der Waals surface area contributed by atoms with Gasteiger partial charge in [-0.15, -0.1) is 0 Å². The van der Waals surface area contributed by atoms with Crippen LogP contribution < -0.4 is 9.62 Å². The van der Waals surface area contributed by atoms with Crippen molar-refractivity contribution in [1.82, 2.24) is 5.16 Å². The minimum atomic E-state index is -3.99. The van der Waals surface area contributed by atoms with E-state index in [0.717, 1.165) is 5.56 Å². The Morgan fingerprint density at radius 3 is 2.89 bits per heavy atom. The van der Waals surface area contributed by atoms with Crippen molar-refractivity contribution in [3.05, 3.63) is 46.4 Å². The number of para-hydroxylation sites is 1. The first-order valence-electron chi connectivity index (χ1n) is 8.40. The van der Waals surface area contributed by atoms with Gasteiger partial charge >= 0.3 is 0 Å². The molecular weight excluding hydrogens is 434 g/mol. The largest absolute Gasteiger partial charge is 0.354 e. The second kappa shape index (κ2) is 6.65. The van der Waals surface area contributed by atoms with Gasteiger partial charge in [-0.05, 0) is 36.2 Å². The molecule has 3 aromatic rings. The Morgan fingerprint density at radius 2 is 2.11 bits per heavy atom. The zero-order valence-electron chi connectivity index (χ0n) is 14.4. The minimum Gasteiger partial charge on any atom is -0.354 e. The van der Waals surface area contributed by atoms with Crippen molar-refractivity contribution in [3.8, 4) is 0 Å². The summed E-state index contributed by atoms with van der Waals surface area (Å²) in [6.07, 6.45) is 0.909. The van der Waals surface area contributed by atoms with Crippen molar-refractivity contribution in [2.45, 2.75) is 24.7 Å². The topological polar surface area (TPSA) is 92.5 Å². The van der Waals surface area contributed by atoms with E-state index in [0.29, 0.717) is 40.5 Å². The number of fused-ring (bicyclic) bond motifs is 2. The predicted octanol–water partition coefficient (Wildman–Crippen LogP) is 3.69. The number of hydrogen-bond donors (Lipinski definition) is 1. The van der Waals surface area contributed by atoms with Gasteiger partial charge in [0.1, 0.15) is 4.90 Å². The summed E-state index contributed by atoms with van der Waals surface area (Å²) in [6.45, 7) is 2.22. The molecular formula is C18H16BrN3O4S. The van der Waals surface area contributed by atoms with Gasteiger partial charge < -0.3 is 9.42 Å². The van der Waals surface area contributed by atoms with E-state index >= 15 is 0 Å². The third-order valence-electron chi connectivity index (χ3n) is 4.49. The smallest absolute Gasteiger partial charge is 0.265 e. The molecule has 4 rings (SSSR count). The summed E-state index contributed by atoms with van der Waals surface area (Å²) in [5.41, 5.74) is 1.74. The molecule has 0 unspecified atom stereocenters. The number of halogens is 1. The van der Waals surface area contributed by atoms with Crippen LogP contribution in [0.1, 0.15) is 18.9 Å².